The van der Waals surface area contributed by atoms with Gasteiger partial charge in [0, 0.05) is 5.39 Å². The molecule has 0 amide bonds. The first-order chi connectivity index (χ1) is 11.2. The Bertz CT molecular complexity index is 874. The molecule has 2 aromatic carbocycles. The first kappa shape index (κ1) is 17.0. The molecule has 0 saturated heterocycles. The number of benzene rings is 2. The highest BCUT2D eigenvalue weighted by molar-refractivity contribution is 9.10. The van der Waals surface area contributed by atoms with Gasteiger partial charge < -0.3 is 9.84 Å². The minimum Gasteiger partial charge on any atom is -0.456 e. The fraction of sp³-hybridized carbons (Fsp3) is 0.316. The van der Waals surface area contributed by atoms with E-state index in [-0.39, 0.29) is 0 Å². The molecule has 0 spiro atoms. The van der Waals surface area contributed by atoms with Crippen LogP contribution in [0.5, 0.6) is 11.5 Å². The second-order valence-electron chi connectivity index (χ2n) is 6.78. The van der Waals surface area contributed by atoms with E-state index in [9.17, 15) is 5.11 Å². The molecule has 1 N–H and O–H groups in total. The van der Waals surface area contributed by atoms with Crippen molar-refractivity contribution in [1.82, 2.24) is 9.78 Å². The molecule has 4 nitrogen and oxygen atoms in total. The summed E-state index contributed by atoms with van der Waals surface area (Å²) in [5.41, 5.74) is 2.33. The minimum absolute atomic E-state index is 0.431. The SMILES string of the molecule is Cc1cccc(C)c1Oc1cc2cnn(CC(C)(C)O)c2cc1Br. The maximum Gasteiger partial charge on any atom is 0.142 e. The number of aryl methyl sites for hydroxylation is 2. The van der Waals surface area contributed by atoms with Crippen LogP contribution in [-0.2, 0) is 6.54 Å². The third-order valence-electron chi connectivity index (χ3n) is 3.85. The Hall–Kier alpha value is -1.85. The van der Waals surface area contributed by atoms with Crippen LogP contribution in [0.15, 0.2) is 41.0 Å². The van der Waals surface area contributed by atoms with Gasteiger partial charge in [-0.15, -0.1) is 0 Å². The number of nitrogens with zero attached hydrogens (tertiary/aromatic N) is 2. The van der Waals surface area contributed by atoms with Crippen LogP contribution >= 0.6 is 15.9 Å². The molecular formula is C19H21BrN2O2. The summed E-state index contributed by atoms with van der Waals surface area (Å²) >= 11 is 3.59. The van der Waals surface area contributed by atoms with E-state index < -0.39 is 5.60 Å². The van der Waals surface area contributed by atoms with E-state index in [2.05, 4.69) is 21.0 Å². The average molecular weight is 389 g/mol. The molecule has 0 bridgehead atoms. The molecule has 24 heavy (non-hydrogen) atoms. The van der Waals surface area contributed by atoms with Crippen LogP contribution in [-0.4, -0.2) is 20.5 Å². The van der Waals surface area contributed by atoms with Gasteiger partial charge in [-0.1, -0.05) is 18.2 Å². The molecule has 0 unspecified atom stereocenters. The third-order valence-corrected chi connectivity index (χ3v) is 4.47. The molecule has 0 aliphatic carbocycles. The molecule has 3 rings (SSSR count). The smallest absolute Gasteiger partial charge is 0.142 e. The number of hydrogen-bond donors (Lipinski definition) is 1. The van der Waals surface area contributed by atoms with E-state index in [4.69, 9.17) is 4.74 Å². The Kier molecular flexibility index (Phi) is 4.40. The van der Waals surface area contributed by atoms with Crippen molar-refractivity contribution in [1.29, 1.82) is 0 Å². The molecule has 1 aromatic heterocycles. The van der Waals surface area contributed by atoms with Crippen molar-refractivity contribution < 1.29 is 9.84 Å². The van der Waals surface area contributed by atoms with Gasteiger partial charge in [-0.2, -0.15) is 5.10 Å². The van der Waals surface area contributed by atoms with Crippen molar-refractivity contribution >= 4 is 26.8 Å². The zero-order chi connectivity index (χ0) is 17.5. The topological polar surface area (TPSA) is 47.3 Å². The molecule has 1 heterocycles. The first-order valence-electron chi connectivity index (χ1n) is 7.86. The van der Waals surface area contributed by atoms with Gasteiger partial charge >= 0.3 is 0 Å². The Morgan fingerprint density at radius 1 is 1.21 bits per heavy atom. The molecule has 3 aromatic rings. The molecule has 5 heteroatoms. The second-order valence-corrected chi connectivity index (χ2v) is 7.63. The second kappa shape index (κ2) is 6.22. The van der Waals surface area contributed by atoms with Crippen LogP contribution in [0.1, 0.15) is 25.0 Å². The van der Waals surface area contributed by atoms with E-state index in [1.54, 1.807) is 20.0 Å². The lowest BCUT2D eigenvalue weighted by Crippen LogP contribution is -2.26. The molecule has 0 aliphatic heterocycles. The molecule has 0 aliphatic rings. The zero-order valence-corrected chi connectivity index (χ0v) is 15.9. The summed E-state index contributed by atoms with van der Waals surface area (Å²) in [4.78, 5) is 0. The van der Waals surface area contributed by atoms with Crippen LogP contribution in [0.25, 0.3) is 10.9 Å². The summed E-state index contributed by atoms with van der Waals surface area (Å²) in [6.07, 6.45) is 1.80. The normalized spacial score (nSPS) is 11.9. The van der Waals surface area contributed by atoms with Crippen molar-refractivity contribution in [3.05, 3.63) is 52.1 Å². The van der Waals surface area contributed by atoms with Gasteiger partial charge in [0.1, 0.15) is 11.5 Å². The lowest BCUT2D eigenvalue weighted by molar-refractivity contribution is 0.0591. The number of fused-ring (bicyclic) bond motifs is 1. The Morgan fingerprint density at radius 3 is 2.50 bits per heavy atom. The largest absolute Gasteiger partial charge is 0.456 e. The Balaban J connectivity index is 2.00. The monoisotopic (exact) mass is 388 g/mol. The highest BCUT2D eigenvalue weighted by Crippen LogP contribution is 2.36. The summed E-state index contributed by atoms with van der Waals surface area (Å²) in [5, 5.41) is 15.4. The molecular weight excluding hydrogens is 368 g/mol. The molecule has 0 saturated carbocycles. The average Bonchev–Trinajstić information content (AvgIpc) is 2.83. The molecule has 126 valence electrons. The summed E-state index contributed by atoms with van der Waals surface area (Å²) in [6, 6.07) is 10.1. The van der Waals surface area contributed by atoms with Gasteiger partial charge in [-0.25, -0.2) is 0 Å². The van der Waals surface area contributed by atoms with Crippen molar-refractivity contribution in [2.45, 2.75) is 39.8 Å². The highest BCUT2D eigenvalue weighted by atomic mass is 79.9. The lowest BCUT2D eigenvalue weighted by atomic mass is 10.1. The van der Waals surface area contributed by atoms with E-state index in [0.717, 1.165) is 38.0 Å². The number of aromatic nitrogens is 2. The first-order valence-corrected chi connectivity index (χ1v) is 8.65. The van der Waals surface area contributed by atoms with Crippen molar-refractivity contribution in [3.8, 4) is 11.5 Å². The number of para-hydroxylation sites is 1. The predicted octanol–water partition coefficient (Wildman–Crippen LogP) is 4.98. The lowest BCUT2D eigenvalue weighted by Gasteiger charge is -2.18. The van der Waals surface area contributed by atoms with E-state index in [1.807, 2.05) is 48.9 Å². The van der Waals surface area contributed by atoms with Gasteiger partial charge in [-0.05, 0) is 66.9 Å². The fourth-order valence-electron chi connectivity index (χ4n) is 2.72. The summed E-state index contributed by atoms with van der Waals surface area (Å²) < 4.78 is 8.82. The third kappa shape index (κ3) is 3.47. The maximum atomic E-state index is 10.0. The van der Waals surface area contributed by atoms with Crippen molar-refractivity contribution in [2.75, 3.05) is 0 Å². The number of rotatable bonds is 4. The zero-order valence-electron chi connectivity index (χ0n) is 14.3. The summed E-state index contributed by atoms with van der Waals surface area (Å²) in [5.74, 6) is 1.63. The fourth-order valence-corrected chi connectivity index (χ4v) is 3.13. The van der Waals surface area contributed by atoms with E-state index in [0.29, 0.717) is 6.54 Å². The van der Waals surface area contributed by atoms with Gasteiger partial charge in [0.2, 0.25) is 0 Å². The standard InChI is InChI=1S/C19H21BrN2O2/c1-12-6-5-7-13(2)18(12)24-17-8-14-10-21-22(11-19(3,4)23)16(14)9-15(17)20/h5-10,23H,11H2,1-4H3. The van der Waals surface area contributed by atoms with E-state index in [1.165, 1.54) is 0 Å². The van der Waals surface area contributed by atoms with E-state index >= 15 is 0 Å². The minimum atomic E-state index is -0.821. The summed E-state index contributed by atoms with van der Waals surface area (Å²) in [6.45, 7) is 8.05. The van der Waals surface area contributed by atoms with Gasteiger partial charge in [-0.3, -0.25) is 4.68 Å². The van der Waals surface area contributed by atoms with Gasteiger partial charge in [0.15, 0.2) is 0 Å². The molecule has 0 atom stereocenters. The van der Waals surface area contributed by atoms with Crippen LogP contribution in [0.4, 0.5) is 0 Å². The Morgan fingerprint density at radius 2 is 1.88 bits per heavy atom. The van der Waals surface area contributed by atoms with Crippen LogP contribution in [0.2, 0.25) is 0 Å². The maximum absolute atomic E-state index is 10.0. The van der Waals surface area contributed by atoms with Gasteiger partial charge in [0.05, 0.1) is 28.3 Å². The predicted molar refractivity (Wildman–Crippen MR) is 99.7 cm³/mol. The highest BCUT2D eigenvalue weighted by Gasteiger charge is 2.17. The Labute approximate surface area is 150 Å². The van der Waals surface area contributed by atoms with Crippen LogP contribution < -0.4 is 4.74 Å². The van der Waals surface area contributed by atoms with Crippen molar-refractivity contribution in [2.24, 2.45) is 0 Å². The molecule has 0 fully saturated rings. The quantitative estimate of drug-likeness (QED) is 0.685. The van der Waals surface area contributed by atoms with Gasteiger partial charge in [0.25, 0.3) is 0 Å². The van der Waals surface area contributed by atoms with Crippen LogP contribution in [0, 0.1) is 13.8 Å². The number of hydrogen-bond acceptors (Lipinski definition) is 3. The number of aliphatic hydroxyl groups is 1. The number of halogens is 1. The summed E-state index contributed by atoms with van der Waals surface area (Å²) in [7, 11) is 0. The number of ether oxygens (including phenoxy) is 1. The molecule has 0 radical (unpaired) electrons. The van der Waals surface area contributed by atoms with Crippen molar-refractivity contribution in [3.63, 3.8) is 0 Å². The van der Waals surface area contributed by atoms with Crippen LogP contribution in [0.3, 0.4) is 0 Å².